The normalized spacial score (nSPS) is 18.0. The summed E-state index contributed by atoms with van der Waals surface area (Å²) in [5, 5.41) is 12.5. The second-order valence-electron chi connectivity index (χ2n) is 9.53. The molecule has 0 bridgehead atoms. The minimum absolute atomic E-state index is 0.0376. The third-order valence-corrected chi connectivity index (χ3v) is 6.45. The molecule has 1 aliphatic carbocycles. The van der Waals surface area contributed by atoms with Gasteiger partial charge < -0.3 is 15.2 Å². The highest BCUT2D eigenvalue weighted by Crippen LogP contribution is 2.35. The number of nitrogens with zero attached hydrogens (tertiary/aromatic N) is 4. The second-order valence-corrected chi connectivity index (χ2v) is 9.53. The summed E-state index contributed by atoms with van der Waals surface area (Å²) in [4.78, 5) is 29.5. The molecule has 204 valence electrons. The Hall–Kier alpha value is -3.77. The SMILES string of the molecule is CC(C)c1nc([C@H]2CC[C@H](C(=O)NCCNC(=O)c3cn(-c4ccccc4F)nc3C(F)(F)F)CC2)no1. The second kappa shape index (κ2) is 11.3. The zero-order chi connectivity index (χ0) is 27.4. The third-order valence-electron chi connectivity index (χ3n) is 6.45. The van der Waals surface area contributed by atoms with E-state index in [1.54, 1.807) is 0 Å². The molecule has 1 aromatic carbocycles. The summed E-state index contributed by atoms with van der Waals surface area (Å²) >= 11 is 0. The van der Waals surface area contributed by atoms with Crippen LogP contribution in [0, 0.1) is 11.7 Å². The van der Waals surface area contributed by atoms with Crippen LogP contribution in [0.5, 0.6) is 0 Å². The van der Waals surface area contributed by atoms with E-state index in [9.17, 15) is 27.2 Å². The summed E-state index contributed by atoms with van der Waals surface area (Å²) in [5.41, 5.74) is -2.40. The van der Waals surface area contributed by atoms with Gasteiger partial charge in [-0.3, -0.25) is 9.59 Å². The predicted octanol–water partition coefficient (Wildman–Crippen LogP) is 4.36. The lowest BCUT2D eigenvalue weighted by Gasteiger charge is -2.25. The quantitative estimate of drug-likeness (QED) is 0.327. The molecule has 38 heavy (non-hydrogen) atoms. The van der Waals surface area contributed by atoms with Crippen LogP contribution in [0.3, 0.4) is 0 Å². The maximum Gasteiger partial charge on any atom is 0.435 e. The fourth-order valence-corrected chi connectivity index (χ4v) is 4.37. The largest absolute Gasteiger partial charge is 0.435 e. The number of halogens is 4. The van der Waals surface area contributed by atoms with Gasteiger partial charge in [-0.05, 0) is 37.8 Å². The number of hydrogen-bond donors (Lipinski definition) is 2. The van der Waals surface area contributed by atoms with E-state index in [1.165, 1.54) is 18.2 Å². The smallest absolute Gasteiger partial charge is 0.354 e. The zero-order valence-electron chi connectivity index (χ0n) is 20.9. The summed E-state index contributed by atoms with van der Waals surface area (Å²) in [6, 6.07) is 5.15. The topological polar surface area (TPSA) is 115 Å². The fourth-order valence-electron chi connectivity index (χ4n) is 4.37. The number of carbonyl (C=O) groups is 2. The van der Waals surface area contributed by atoms with Crippen molar-refractivity contribution >= 4 is 11.8 Å². The Kier molecular flexibility index (Phi) is 8.12. The molecule has 13 heteroatoms. The van der Waals surface area contributed by atoms with Gasteiger partial charge in [0.25, 0.3) is 5.91 Å². The fraction of sp³-hybridized carbons (Fsp3) is 0.480. The Morgan fingerprint density at radius 2 is 1.79 bits per heavy atom. The van der Waals surface area contributed by atoms with Crippen LogP contribution in [0.15, 0.2) is 35.0 Å². The van der Waals surface area contributed by atoms with Gasteiger partial charge in [-0.1, -0.05) is 31.1 Å². The summed E-state index contributed by atoms with van der Waals surface area (Å²) in [6.45, 7) is 3.88. The standard InChI is InChI=1S/C25H28F4N6O3/c1-14(2)24-32-21(34-38-24)15-7-9-16(10-8-15)22(36)30-11-12-31-23(37)17-13-35(33-20(17)25(27,28)29)19-6-4-3-5-18(19)26/h3-6,13-16H,7-12H2,1-2H3,(H,30,36)(H,31,37)/t15-,16-. The van der Waals surface area contributed by atoms with Gasteiger partial charge in [0, 0.05) is 37.0 Å². The van der Waals surface area contributed by atoms with Gasteiger partial charge in [-0.15, -0.1) is 0 Å². The molecule has 3 aromatic rings. The summed E-state index contributed by atoms with van der Waals surface area (Å²) in [7, 11) is 0. The van der Waals surface area contributed by atoms with Crippen molar-refractivity contribution in [2.45, 2.75) is 57.5 Å². The Morgan fingerprint density at radius 3 is 2.42 bits per heavy atom. The average molecular weight is 537 g/mol. The number of hydrogen-bond acceptors (Lipinski definition) is 6. The van der Waals surface area contributed by atoms with Crippen LogP contribution in [-0.4, -0.2) is 44.8 Å². The van der Waals surface area contributed by atoms with Gasteiger partial charge in [-0.2, -0.15) is 23.3 Å². The minimum Gasteiger partial charge on any atom is -0.354 e. The first-order valence-corrected chi connectivity index (χ1v) is 12.4. The van der Waals surface area contributed by atoms with Gasteiger partial charge in [0.2, 0.25) is 11.8 Å². The van der Waals surface area contributed by atoms with Crippen LogP contribution >= 0.6 is 0 Å². The molecule has 0 spiro atoms. The van der Waals surface area contributed by atoms with Crippen molar-refractivity contribution in [1.29, 1.82) is 0 Å². The van der Waals surface area contributed by atoms with Crippen molar-refractivity contribution in [3.8, 4) is 5.69 Å². The van der Waals surface area contributed by atoms with Crippen LogP contribution in [0.1, 0.15) is 79.1 Å². The zero-order valence-corrected chi connectivity index (χ0v) is 20.9. The molecular formula is C25H28F4N6O3. The highest BCUT2D eigenvalue weighted by molar-refractivity contribution is 5.95. The van der Waals surface area contributed by atoms with E-state index in [0.29, 0.717) is 29.2 Å². The van der Waals surface area contributed by atoms with E-state index >= 15 is 0 Å². The molecule has 4 rings (SSSR count). The highest BCUT2D eigenvalue weighted by Gasteiger charge is 2.39. The van der Waals surface area contributed by atoms with Crippen molar-refractivity contribution in [2.75, 3.05) is 13.1 Å². The van der Waals surface area contributed by atoms with E-state index in [-0.39, 0.29) is 42.4 Å². The van der Waals surface area contributed by atoms with Gasteiger partial charge in [0.1, 0.15) is 11.5 Å². The molecule has 1 saturated carbocycles. The van der Waals surface area contributed by atoms with Crippen molar-refractivity contribution < 1.29 is 31.7 Å². The summed E-state index contributed by atoms with van der Waals surface area (Å²) in [6.07, 6.45) is -1.34. The lowest BCUT2D eigenvalue weighted by molar-refractivity contribution is -0.141. The molecule has 0 saturated heterocycles. The van der Waals surface area contributed by atoms with Crippen LogP contribution in [-0.2, 0) is 11.0 Å². The molecule has 9 nitrogen and oxygen atoms in total. The number of rotatable bonds is 8. The molecule has 2 heterocycles. The number of alkyl halides is 3. The number of amides is 2. The minimum atomic E-state index is -4.92. The Labute approximate surface area is 216 Å². The van der Waals surface area contributed by atoms with Crippen molar-refractivity contribution in [2.24, 2.45) is 5.92 Å². The van der Waals surface area contributed by atoms with Gasteiger partial charge >= 0.3 is 6.18 Å². The maximum absolute atomic E-state index is 14.0. The lowest BCUT2D eigenvalue weighted by Crippen LogP contribution is -2.38. The van der Waals surface area contributed by atoms with E-state index in [0.717, 1.165) is 25.1 Å². The number of carbonyl (C=O) groups excluding carboxylic acids is 2. The van der Waals surface area contributed by atoms with Gasteiger partial charge in [-0.25, -0.2) is 9.07 Å². The number of aromatic nitrogens is 4. The monoisotopic (exact) mass is 536 g/mol. The molecular weight excluding hydrogens is 508 g/mol. The van der Waals surface area contributed by atoms with Gasteiger partial charge in [0.15, 0.2) is 11.5 Å². The highest BCUT2D eigenvalue weighted by atomic mass is 19.4. The van der Waals surface area contributed by atoms with Crippen molar-refractivity contribution in [3.05, 3.63) is 59.3 Å². The van der Waals surface area contributed by atoms with Crippen LogP contribution in [0.2, 0.25) is 0 Å². The van der Waals surface area contributed by atoms with Gasteiger partial charge in [0.05, 0.1) is 5.56 Å². The molecule has 2 amide bonds. The first-order valence-electron chi connectivity index (χ1n) is 12.4. The van der Waals surface area contributed by atoms with Crippen LogP contribution < -0.4 is 10.6 Å². The van der Waals surface area contributed by atoms with Crippen molar-refractivity contribution in [1.82, 2.24) is 30.6 Å². The van der Waals surface area contributed by atoms with Crippen LogP contribution in [0.4, 0.5) is 17.6 Å². The molecule has 0 unspecified atom stereocenters. The van der Waals surface area contributed by atoms with Crippen molar-refractivity contribution in [3.63, 3.8) is 0 Å². The molecule has 0 radical (unpaired) electrons. The summed E-state index contributed by atoms with van der Waals surface area (Å²) < 4.78 is 60.5. The Morgan fingerprint density at radius 1 is 1.11 bits per heavy atom. The molecule has 0 atom stereocenters. The maximum atomic E-state index is 14.0. The van der Waals surface area contributed by atoms with Crippen LogP contribution in [0.25, 0.3) is 5.69 Å². The molecule has 0 aliphatic heterocycles. The Bertz CT molecular complexity index is 1280. The van der Waals surface area contributed by atoms with E-state index in [1.807, 2.05) is 13.8 Å². The van der Waals surface area contributed by atoms with E-state index in [2.05, 4.69) is 25.9 Å². The number of nitrogens with one attached hydrogen (secondary N) is 2. The number of para-hydroxylation sites is 1. The molecule has 1 fully saturated rings. The molecule has 2 aromatic heterocycles. The summed E-state index contributed by atoms with van der Waals surface area (Å²) in [5.74, 6) is -0.702. The first-order chi connectivity index (χ1) is 18.0. The first kappa shape index (κ1) is 27.3. The molecule has 1 aliphatic rings. The Balaban J connectivity index is 1.27. The average Bonchev–Trinajstić information content (AvgIpc) is 3.55. The van der Waals surface area contributed by atoms with E-state index < -0.39 is 29.2 Å². The van der Waals surface area contributed by atoms with E-state index in [4.69, 9.17) is 4.52 Å². The third kappa shape index (κ3) is 6.20. The molecule has 2 N–H and O–H groups in total. The lowest BCUT2D eigenvalue weighted by atomic mass is 9.81. The number of benzene rings is 1. The predicted molar refractivity (Wildman–Crippen MR) is 127 cm³/mol.